The number of H-pyrrole nitrogens is 1. The number of hydrogen-bond acceptors (Lipinski definition) is 6. The number of ether oxygens (including phenoxy) is 1. The van der Waals surface area contributed by atoms with Crippen LogP contribution in [0.15, 0.2) is 42.5 Å². The zero-order chi connectivity index (χ0) is 29.9. The fourth-order valence-corrected chi connectivity index (χ4v) is 4.84. The lowest BCUT2D eigenvalue weighted by molar-refractivity contribution is -0.265. The van der Waals surface area contributed by atoms with Crippen LogP contribution < -0.4 is 15.8 Å². The van der Waals surface area contributed by atoms with Crippen LogP contribution in [0, 0.1) is 12.7 Å². The number of alkyl halides is 3. The lowest BCUT2D eigenvalue weighted by atomic mass is 9.81. The van der Waals surface area contributed by atoms with Gasteiger partial charge in [-0.05, 0) is 56.3 Å². The van der Waals surface area contributed by atoms with E-state index in [0.29, 0.717) is 16.9 Å². The number of aryl methyl sites for hydroxylation is 1. The number of imidazole rings is 1. The van der Waals surface area contributed by atoms with Crippen LogP contribution in [0.2, 0.25) is 5.02 Å². The largest absolute Gasteiger partial charge is 0.489 e. The van der Waals surface area contributed by atoms with Crippen molar-refractivity contribution in [3.8, 4) is 17.0 Å². The molecule has 41 heavy (non-hydrogen) atoms. The van der Waals surface area contributed by atoms with Gasteiger partial charge in [-0.15, -0.1) is 0 Å². The molecule has 1 unspecified atom stereocenters. The van der Waals surface area contributed by atoms with Crippen molar-refractivity contribution in [2.75, 3.05) is 13.2 Å². The minimum Gasteiger partial charge on any atom is -0.489 e. The number of aromatic nitrogens is 3. The van der Waals surface area contributed by atoms with Gasteiger partial charge in [-0.25, -0.2) is 14.4 Å². The number of amides is 2. The molecule has 3 heterocycles. The Bertz CT molecular complexity index is 1710. The van der Waals surface area contributed by atoms with Gasteiger partial charge in [0.2, 0.25) is 11.5 Å². The minimum atomic E-state index is -5.35. The van der Waals surface area contributed by atoms with Gasteiger partial charge < -0.3 is 25.9 Å². The van der Waals surface area contributed by atoms with Crippen LogP contribution in [-0.4, -0.2) is 51.2 Å². The number of carbonyl (C=O) groups excluding carboxylic acids is 2. The van der Waals surface area contributed by atoms with E-state index in [0.717, 1.165) is 18.2 Å². The molecule has 1 aliphatic heterocycles. The van der Waals surface area contributed by atoms with E-state index >= 15 is 0 Å². The molecule has 2 aromatic carbocycles. The van der Waals surface area contributed by atoms with E-state index < -0.39 is 47.1 Å². The van der Waals surface area contributed by atoms with Crippen molar-refractivity contribution < 1.29 is 37.0 Å². The first-order chi connectivity index (χ1) is 19.1. The smallest absolute Gasteiger partial charge is 0.424 e. The van der Waals surface area contributed by atoms with E-state index in [1.165, 1.54) is 31.2 Å². The molecule has 0 aliphatic carbocycles. The Hall–Kier alpha value is -4.23. The molecule has 0 bridgehead atoms. The van der Waals surface area contributed by atoms with Gasteiger partial charge in [-0.3, -0.25) is 9.59 Å². The molecule has 0 radical (unpaired) electrons. The number of pyridine rings is 1. The van der Waals surface area contributed by atoms with Gasteiger partial charge in [-0.1, -0.05) is 11.6 Å². The van der Waals surface area contributed by atoms with Gasteiger partial charge in [0.25, 0.3) is 5.91 Å². The van der Waals surface area contributed by atoms with E-state index in [-0.39, 0.29) is 39.8 Å². The third kappa shape index (κ3) is 4.74. The SMILES string of the molecule is Cc1nc2c(Cl)cc(C(=O)NCC(O)(c3cc4c(c(-c5ccc(F)cc5)n3)OC[C@]4(C)C(N)=O)C(F)(F)F)cc2[nH]1. The van der Waals surface area contributed by atoms with Crippen molar-refractivity contribution in [3.05, 3.63) is 75.9 Å². The van der Waals surface area contributed by atoms with Crippen LogP contribution in [-0.2, 0) is 15.8 Å². The Kier molecular flexibility index (Phi) is 6.70. The second-order valence-electron chi connectivity index (χ2n) is 9.94. The van der Waals surface area contributed by atoms with Gasteiger partial charge in [-0.2, -0.15) is 13.2 Å². The van der Waals surface area contributed by atoms with Crippen LogP contribution in [0.4, 0.5) is 17.6 Å². The summed E-state index contributed by atoms with van der Waals surface area (Å²) < 4.78 is 62.9. The van der Waals surface area contributed by atoms with Crippen molar-refractivity contribution in [1.82, 2.24) is 20.3 Å². The van der Waals surface area contributed by atoms with Crippen molar-refractivity contribution in [2.24, 2.45) is 5.73 Å². The standard InChI is InChI=1S/C27H22ClF4N5O4/c1-12-35-18-8-14(7-17(28)21(18)36-12)23(38)34-10-26(40,27(30,31)32)19-9-16-22(41-11-25(16,2)24(33)39)20(37-19)13-3-5-15(29)6-4-13/h3-9,40H,10-11H2,1-2H3,(H2,33,39)(H,34,38)(H,35,36)/t25-,26?/m0/s1. The number of rotatable bonds is 6. The summed E-state index contributed by atoms with van der Waals surface area (Å²) >= 11 is 6.19. The normalized spacial score (nSPS) is 18.0. The molecule has 9 nitrogen and oxygen atoms in total. The Morgan fingerprint density at radius 2 is 1.88 bits per heavy atom. The van der Waals surface area contributed by atoms with E-state index in [1.54, 1.807) is 6.92 Å². The summed E-state index contributed by atoms with van der Waals surface area (Å²) in [6.45, 7) is 1.40. The zero-order valence-electron chi connectivity index (χ0n) is 21.5. The Morgan fingerprint density at radius 3 is 2.51 bits per heavy atom. The summed E-state index contributed by atoms with van der Waals surface area (Å²) in [5.74, 6) is -1.98. The first-order valence-corrected chi connectivity index (χ1v) is 12.5. The molecular weight excluding hydrogens is 570 g/mol. The summed E-state index contributed by atoms with van der Waals surface area (Å²) in [5, 5.41) is 13.3. The number of aromatic amines is 1. The first-order valence-electron chi connectivity index (χ1n) is 12.1. The number of carbonyl (C=O) groups is 2. The maximum Gasteiger partial charge on any atom is 0.424 e. The third-order valence-electron chi connectivity index (χ3n) is 7.05. The number of nitrogens with zero attached hydrogens (tertiary/aromatic N) is 2. The molecule has 0 saturated carbocycles. The number of fused-ring (bicyclic) bond motifs is 2. The minimum absolute atomic E-state index is 0.0342. The Morgan fingerprint density at radius 1 is 1.20 bits per heavy atom. The fraction of sp³-hybridized carbons (Fsp3) is 0.259. The van der Waals surface area contributed by atoms with Gasteiger partial charge >= 0.3 is 6.18 Å². The predicted octanol–water partition coefficient (Wildman–Crippen LogP) is 4.04. The van der Waals surface area contributed by atoms with Crippen molar-refractivity contribution in [3.63, 3.8) is 0 Å². The molecule has 4 aromatic rings. The summed E-state index contributed by atoms with van der Waals surface area (Å²) in [7, 11) is 0. The molecular formula is C27H22ClF4N5O4. The first kappa shape index (κ1) is 28.3. The second-order valence-corrected chi connectivity index (χ2v) is 10.3. The number of nitrogens with one attached hydrogen (secondary N) is 2. The summed E-state index contributed by atoms with van der Waals surface area (Å²) in [6, 6.07) is 8.14. The van der Waals surface area contributed by atoms with Gasteiger partial charge in [0.15, 0.2) is 0 Å². The molecule has 2 atom stereocenters. The van der Waals surface area contributed by atoms with Crippen LogP contribution in [0.25, 0.3) is 22.3 Å². The van der Waals surface area contributed by atoms with E-state index in [9.17, 15) is 32.3 Å². The summed E-state index contributed by atoms with van der Waals surface area (Å²) in [6.07, 6.45) is -5.35. The Labute approximate surface area is 234 Å². The lowest BCUT2D eigenvalue weighted by Crippen LogP contribution is -2.51. The quantitative estimate of drug-likeness (QED) is 0.249. The third-order valence-corrected chi connectivity index (χ3v) is 7.34. The molecule has 0 saturated heterocycles. The summed E-state index contributed by atoms with van der Waals surface area (Å²) in [5.41, 5.74) is -0.0401. The second kappa shape index (κ2) is 9.70. The van der Waals surface area contributed by atoms with Crippen LogP contribution in [0.5, 0.6) is 5.75 Å². The molecule has 0 fully saturated rings. The van der Waals surface area contributed by atoms with Gasteiger partial charge in [0, 0.05) is 16.7 Å². The number of hydrogen-bond donors (Lipinski definition) is 4. The number of benzene rings is 2. The molecule has 14 heteroatoms. The fourth-order valence-electron chi connectivity index (χ4n) is 4.58. The molecule has 1 aliphatic rings. The molecule has 2 amide bonds. The van der Waals surface area contributed by atoms with Gasteiger partial charge in [0.1, 0.15) is 40.6 Å². The maximum absolute atomic E-state index is 14.6. The van der Waals surface area contributed by atoms with Crippen LogP contribution in [0.1, 0.15) is 34.4 Å². The zero-order valence-corrected chi connectivity index (χ0v) is 22.2. The van der Waals surface area contributed by atoms with E-state index in [1.807, 2.05) is 0 Å². The average Bonchev–Trinajstić information content (AvgIpc) is 3.46. The van der Waals surface area contributed by atoms with Crippen LogP contribution in [0.3, 0.4) is 0 Å². The maximum atomic E-state index is 14.6. The highest BCUT2D eigenvalue weighted by atomic mass is 35.5. The average molecular weight is 592 g/mol. The highest BCUT2D eigenvalue weighted by Gasteiger charge is 2.57. The lowest BCUT2D eigenvalue weighted by Gasteiger charge is -2.31. The molecule has 214 valence electrons. The number of halogens is 5. The van der Waals surface area contributed by atoms with Crippen LogP contribution >= 0.6 is 11.6 Å². The van der Waals surface area contributed by atoms with E-state index in [4.69, 9.17) is 22.1 Å². The van der Waals surface area contributed by atoms with Crippen molar-refractivity contribution in [2.45, 2.75) is 31.0 Å². The number of aliphatic hydroxyl groups is 1. The van der Waals surface area contributed by atoms with E-state index in [2.05, 4.69) is 20.3 Å². The highest BCUT2D eigenvalue weighted by Crippen LogP contribution is 2.47. The van der Waals surface area contributed by atoms with Crippen molar-refractivity contribution in [1.29, 1.82) is 0 Å². The molecule has 5 rings (SSSR count). The van der Waals surface area contributed by atoms with Gasteiger partial charge in [0.05, 0.1) is 22.8 Å². The highest BCUT2D eigenvalue weighted by molar-refractivity contribution is 6.35. The summed E-state index contributed by atoms with van der Waals surface area (Å²) in [4.78, 5) is 36.4. The molecule has 5 N–H and O–H groups in total. The number of primary amides is 1. The predicted molar refractivity (Wildman–Crippen MR) is 140 cm³/mol. The topological polar surface area (TPSA) is 143 Å². The Balaban J connectivity index is 1.59. The monoisotopic (exact) mass is 591 g/mol. The molecule has 0 spiro atoms. The molecule has 2 aromatic heterocycles. The number of nitrogens with two attached hydrogens (primary N) is 1. The van der Waals surface area contributed by atoms with Crippen molar-refractivity contribution >= 4 is 34.4 Å².